The first-order chi connectivity index (χ1) is 15.5. The maximum atomic E-state index is 13.4. The molecule has 2 aromatic carbocycles. The second-order valence-corrected chi connectivity index (χ2v) is 7.62. The van der Waals surface area contributed by atoms with Gasteiger partial charge in [0.05, 0.1) is 27.2 Å². The predicted octanol–water partition coefficient (Wildman–Crippen LogP) is 3.92. The molecule has 0 spiro atoms. The number of hydrogen-bond acceptors (Lipinski definition) is 7. The van der Waals surface area contributed by atoms with Crippen LogP contribution in [0.15, 0.2) is 65.3 Å². The summed E-state index contributed by atoms with van der Waals surface area (Å²) >= 11 is 0. The lowest BCUT2D eigenvalue weighted by molar-refractivity contribution is -0.117. The molecule has 1 aliphatic carbocycles. The summed E-state index contributed by atoms with van der Waals surface area (Å²) in [6.45, 7) is 0. The number of allylic oxidation sites excluding steroid dienone is 3. The predicted molar refractivity (Wildman–Crippen MR) is 117 cm³/mol. The molecule has 0 unspecified atom stereocenters. The van der Waals surface area contributed by atoms with Crippen molar-refractivity contribution in [3.8, 4) is 23.3 Å². The number of benzene rings is 2. The Morgan fingerprint density at radius 3 is 2.34 bits per heavy atom. The van der Waals surface area contributed by atoms with Crippen LogP contribution in [-0.2, 0) is 9.53 Å². The van der Waals surface area contributed by atoms with E-state index in [0.717, 1.165) is 5.56 Å². The number of rotatable bonds is 5. The van der Waals surface area contributed by atoms with Crippen LogP contribution < -0.4 is 19.9 Å². The van der Waals surface area contributed by atoms with Gasteiger partial charge in [0, 0.05) is 24.0 Å². The number of Topliss-reactive ketones (excluding diaryl/α,β-unsaturated/α-hetero) is 1. The first-order valence-electron chi connectivity index (χ1n) is 10.2. The molecule has 2 atom stereocenters. The molecular weight excluding hydrogens is 408 g/mol. The molecule has 1 aliphatic heterocycles. The van der Waals surface area contributed by atoms with Crippen molar-refractivity contribution >= 4 is 5.78 Å². The molecule has 4 rings (SSSR count). The Balaban J connectivity index is 1.87. The van der Waals surface area contributed by atoms with Gasteiger partial charge in [-0.25, -0.2) is 0 Å². The molecule has 164 valence electrons. The van der Waals surface area contributed by atoms with E-state index in [4.69, 9.17) is 24.7 Å². The Hall–Kier alpha value is -3.92. The molecule has 2 aliphatic rings. The van der Waals surface area contributed by atoms with E-state index in [2.05, 4.69) is 6.07 Å². The first kappa shape index (κ1) is 21.3. The highest BCUT2D eigenvalue weighted by Crippen LogP contribution is 2.51. The van der Waals surface area contributed by atoms with Crippen LogP contribution in [-0.4, -0.2) is 27.1 Å². The number of ether oxygens (including phenoxy) is 4. The molecule has 2 aromatic rings. The number of hydrogen-bond donors (Lipinski definition) is 1. The third-order valence-electron chi connectivity index (χ3n) is 5.98. The van der Waals surface area contributed by atoms with E-state index < -0.39 is 5.92 Å². The quantitative estimate of drug-likeness (QED) is 0.764. The number of carbonyl (C=O) groups excluding carboxylic acids is 1. The number of nitrogens with zero attached hydrogens (tertiary/aromatic N) is 1. The van der Waals surface area contributed by atoms with Crippen LogP contribution in [0, 0.1) is 11.3 Å². The Kier molecular flexibility index (Phi) is 5.78. The van der Waals surface area contributed by atoms with Gasteiger partial charge in [-0.2, -0.15) is 5.26 Å². The summed E-state index contributed by atoms with van der Waals surface area (Å²) in [6.07, 6.45) is 0.827. The largest absolute Gasteiger partial charge is 0.493 e. The van der Waals surface area contributed by atoms with Gasteiger partial charge in [0.25, 0.3) is 0 Å². The molecule has 7 heteroatoms. The maximum Gasteiger partial charge on any atom is 0.205 e. The van der Waals surface area contributed by atoms with Gasteiger partial charge in [-0.3, -0.25) is 4.79 Å². The minimum atomic E-state index is -0.720. The molecule has 0 saturated heterocycles. The van der Waals surface area contributed by atoms with Crippen LogP contribution in [0.25, 0.3) is 0 Å². The van der Waals surface area contributed by atoms with E-state index in [1.807, 2.05) is 30.3 Å². The van der Waals surface area contributed by atoms with Gasteiger partial charge < -0.3 is 24.7 Å². The SMILES string of the molecule is COc1ccc([C@H]2C(C#N)=C(N)OC3=C2C(=O)C[C@H](c2ccccc2)C3)c(OC)c1OC. The van der Waals surface area contributed by atoms with Crippen molar-refractivity contribution in [2.24, 2.45) is 5.73 Å². The van der Waals surface area contributed by atoms with E-state index >= 15 is 0 Å². The highest BCUT2D eigenvalue weighted by atomic mass is 16.5. The van der Waals surface area contributed by atoms with Gasteiger partial charge in [-0.15, -0.1) is 0 Å². The number of methoxy groups -OCH3 is 3. The Morgan fingerprint density at radius 1 is 1.00 bits per heavy atom. The summed E-state index contributed by atoms with van der Waals surface area (Å²) in [7, 11) is 4.53. The summed E-state index contributed by atoms with van der Waals surface area (Å²) in [5, 5.41) is 9.89. The fourth-order valence-electron chi connectivity index (χ4n) is 4.53. The second kappa shape index (κ2) is 8.67. The average Bonchev–Trinajstić information content (AvgIpc) is 2.82. The number of nitriles is 1. The molecule has 1 heterocycles. The van der Waals surface area contributed by atoms with Crippen molar-refractivity contribution in [2.45, 2.75) is 24.7 Å². The zero-order chi connectivity index (χ0) is 22.8. The molecule has 2 N–H and O–H groups in total. The summed E-state index contributed by atoms with van der Waals surface area (Å²) in [4.78, 5) is 13.4. The van der Waals surface area contributed by atoms with Crippen LogP contribution in [0.5, 0.6) is 17.2 Å². The normalized spacial score (nSPS) is 20.2. The molecule has 0 fully saturated rings. The van der Waals surface area contributed by atoms with E-state index in [1.165, 1.54) is 21.3 Å². The lowest BCUT2D eigenvalue weighted by atomic mass is 9.73. The Bertz CT molecular complexity index is 1160. The van der Waals surface area contributed by atoms with Crippen molar-refractivity contribution in [2.75, 3.05) is 21.3 Å². The van der Waals surface area contributed by atoms with Crippen molar-refractivity contribution in [1.82, 2.24) is 0 Å². The topological polar surface area (TPSA) is 104 Å². The minimum Gasteiger partial charge on any atom is -0.493 e. The van der Waals surface area contributed by atoms with E-state index in [1.54, 1.807) is 12.1 Å². The van der Waals surface area contributed by atoms with Crippen LogP contribution in [0.2, 0.25) is 0 Å². The Labute approximate surface area is 186 Å². The molecular formula is C25H24N2O5. The Morgan fingerprint density at radius 2 is 1.72 bits per heavy atom. The second-order valence-electron chi connectivity index (χ2n) is 7.62. The molecule has 32 heavy (non-hydrogen) atoms. The van der Waals surface area contributed by atoms with Crippen molar-refractivity contribution in [3.05, 3.63) is 76.4 Å². The summed E-state index contributed by atoms with van der Waals surface area (Å²) in [5.74, 6) is 0.898. The van der Waals surface area contributed by atoms with Crippen molar-refractivity contribution in [1.29, 1.82) is 5.26 Å². The smallest absolute Gasteiger partial charge is 0.205 e. The monoisotopic (exact) mass is 432 g/mol. The van der Waals surface area contributed by atoms with Crippen LogP contribution in [0.3, 0.4) is 0 Å². The van der Waals surface area contributed by atoms with Gasteiger partial charge in [0.15, 0.2) is 17.3 Å². The zero-order valence-electron chi connectivity index (χ0n) is 18.2. The molecule has 0 radical (unpaired) electrons. The van der Waals surface area contributed by atoms with E-state index in [9.17, 15) is 10.1 Å². The van der Waals surface area contributed by atoms with E-state index in [0.29, 0.717) is 47.0 Å². The van der Waals surface area contributed by atoms with Gasteiger partial charge in [-0.1, -0.05) is 36.4 Å². The molecule has 0 amide bonds. The van der Waals surface area contributed by atoms with Gasteiger partial charge >= 0.3 is 0 Å². The van der Waals surface area contributed by atoms with Crippen LogP contribution >= 0.6 is 0 Å². The van der Waals surface area contributed by atoms with Crippen molar-refractivity contribution in [3.63, 3.8) is 0 Å². The summed E-state index contributed by atoms with van der Waals surface area (Å²) in [6, 6.07) is 15.5. The highest BCUT2D eigenvalue weighted by molar-refractivity contribution is 6.00. The number of carbonyl (C=O) groups is 1. The summed E-state index contributed by atoms with van der Waals surface area (Å²) < 4.78 is 22.4. The van der Waals surface area contributed by atoms with Crippen LogP contribution in [0.4, 0.5) is 0 Å². The third kappa shape index (κ3) is 3.44. The zero-order valence-corrected chi connectivity index (χ0v) is 18.2. The highest BCUT2D eigenvalue weighted by Gasteiger charge is 2.42. The minimum absolute atomic E-state index is 0.00500. The third-order valence-corrected chi connectivity index (χ3v) is 5.98. The van der Waals surface area contributed by atoms with E-state index in [-0.39, 0.29) is 23.2 Å². The standard InChI is InChI=1S/C25H24N2O5/c1-29-19-10-9-16(23(30-2)24(19)31-3)21-17(13-26)25(27)32-20-12-15(11-18(28)22(20)21)14-7-5-4-6-8-14/h4-10,15,21H,11-12,27H2,1-3H3/t15-,21-/m0/s1. The van der Waals surface area contributed by atoms with Gasteiger partial charge in [-0.05, 0) is 17.5 Å². The van der Waals surface area contributed by atoms with Crippen LogP contribution in [0.1, 0.15) is 35.8 Å². The fraction of sp³-hybridized carbons (Fsp3) is 0.280. The number of ketones is 1. The average molecular weight is 432 g/mol. The lowest BCUT2D eigenvalue weighted by Gasteiger charge is -2.34. The first-order valence-corrected chi connectivity index (χ1v) is 10.2. The lowest BCUT2D eigenvalue weighted by Crippen LogP contribution is -2.30. The van der Waals surface area contributed by atoms with Crippen molar-refractivity contribution < 1.29 is 23.7 Å². The molecule has 7 nitrogen and oxygen atoms in total. The molecule has 0 bridgehead atoms. The maximum absolute atomic E-state index is 13.4. The molecule has 0 saturated carbocycles. The number of nitrogens with two attached hydrogens (primary N) is 1. The van der Waals surface area contributed by atoms with Gasteiger partial charge in [0.1, 0.15) is 17.4 Å². The van der Waals surface area contributed by atoms with Gasteiger partial charge in [0.2, 0.25) is 11.6 Å². The summed E-state index contributed by atoms with van der Waals surface area (Å²) in [5.41, 5.74) is 8.42. The fourth-order valence-corrected chi connectivity index (χ4v) is 4.53. The molecule has 0 aromatic heterocycles.